The number of aromatic nitrogens is 2. The van der Waals surface area contributed by atoms with Gasteiger partial charge >= 0.3 is 0 Å². The van der Waals surface area contributed by atoms with Gasteiger partial charge in [0.15, 0.2) is 0 Å². The molecule has 4 nitrogen and oxygen atoms in total. The van der Waals surface area contributed by atoms with Crippen LogP contribution in [0.5, 0.6) is 0 Å². The number of unbranched alkanes of at least 4 members (excludes halogenated alkanes) is 1. The van der Waals surface area contributed by atoms with Gasteiger partial charge in [0.25, 0.3) is 5.91 Å². The van der Waals surface area contributed by atoms with E-state index in [0.29, 0.717) is 12.1 Å². The van der Waals surface area contributed by atoms with Crippen LogP contribution in [-0.2, 0) is 6.54 Å². The number of carbonyl (C=O) groups is 1. The summed E-state index contributed by atoms with van der Waals surface area (Å²) in [7, 11) is 0. The molecule has 1 N–H and O–H groups in total. The quantitative estimate of drug-likeness (QED) is 0.628. The van der Waals surface area contributed by atoms with E-state index >= 15 is 0 Å². The highest BCUT2D eigenvalue weighted by Crippen LogP contribution is 2.08. The maximum absolute atomic E-state index is 11.8. The molecule has 0 aliphatic rings. The van der Waals surface area contributed by atoms with E-state index in [-0.39, 0.29) is 5.91 Å². The van der Waals surface area contributed by atoms with E-state index in [4.69, 9.17) is 0 Å². The van der Waals surface area contributed by atoms with E-state index in [0.717, 1.165) is 24.3 Å². The second-order valence-corrected chi connectivity index (χ2v) is 4.83. The van der Waals surface area contributed by atoms with Crippen LogP contribution < -0.4 is 5.32 Å². The van der Waals surface area contributed by atoms with Crippen LogP contribution in [-0.4, -0.2) is 22.0 Å². The summed E-state index contributed by atoms with van der Waals surface area (Å²) >= 11 is 4.22. The summed E-state index contributed by atoms with van der Waals surface area (Å²) in [6, 6.07) is 7.24. The maximum atomic E-state index is 11.8. The van der Waals surface area contributed by atoms with Gasteiger partial charge in [0.2, 0.25) is 0 Å². The Hall–Kier alpha value is -1.75. The standard InChI is InChI=1S/C14H17N3OS/c18-14(12-4-3-5-13(19)10-12)16-6-1-2-8-17-9-7-15-11-17/h3-5,7,9-11,19H,1-2,6,8H2,(H,16,18). The Morgan fingerprint density at radius 3 is 3.00 bits per heavy atom. The van der Waals surface area contributed by atoms with Crippen molar-refractivity contribution < 1.29 is 4.79 Å². The zero-order valence-electron chi connectivity index (χ0n) is 10.6. The van der Waals surface area contributed by atoms with Crippen LogP contribution in [0.25, 0.3) is 0 Å². The molecule has 0 atom stereocenters. The molecule has 0 fully saturated rings. The minimum atomic E-state index is -0.0430. The molecule has 1 amide bonds. The number of nitrogens with one attached hydrogen (secondary N) is 1. The van der Waals surface area contributed by atoms with Crippen molar-refractivity contribution in [1.29, 1.82) is 0 Å². The van der Waals surface area contributed by atoms with Crippen molar-refractivity contribution in [3.8, 4) is 0 Å². The Bertz CT molecular complexity index is 525. The highest BCUT2D eigenvalue weighted by Gasteiger charge is 2.04. The second kappa shape index (κ2) is 6.99. The van der Waals surface area contributed by atoms with Gasteiger partial charge in [-0.05, 0) is 31.0 Å². The first kappa shape index (κ1) is 13.7. The van der Waals surface area contributed by atoms with Crippen molar-refractivity contribution in [2.45, 2.75) is 24.3 Å². The van der Waals surface area contributed by atoms with Crippen LogP contribution >= 0.6 is 12.6 Å². The predicted molar refractivity (Wildman–Crippen MR) is 77.5 cm³/mol. The maximum Gasteiger partial charge on any atom is 0.251 e. The molecular formula is C14H17N3OS. The largest absolute Gasteiger partial charge is 0.352 e. The Morgan fingerprint density at radius 2 is 2.26 bits per heavy atom. The van der Waals surface area contributed by atoms with E-state index in [2.05, 4.69) is 22.9 Å². The second-order valence-electron chi connectivity index (χ2n) is 4.31. The minimum Gasteiger partial charge on any atom is -0.352 e. The number of rotatable bonds is 6. The number of hydrogen-bond donors (Lipinski definition) is 2. The molecule has 0 saturated heterocycles. The molecule has 5 heteroatoms. The van der Waals surface area contributed by atoms with Gasteiger partial charge in [-0.15, -0.1) is 12.6 Å². The van der Waals surface area contributed by atoms with Crippen molar-refractivity contribution in [3.05, 3.63) is 48.5 Å². The molecule has 0 unspecified atom stereocenters. The Kier molecular flexibility index (Phi) is 5.03. The zero-order valence-corrected chi connectivity index (χ0v) is 11.5. The first-order valence-electron chi connectivity index (χ1n) is 6.29. The summed E-state index contributed by atoms with van der Waals surface area (Å²) in [6.45, 7) is 1.62. The molecular weight excluding hydrogens is 258 g/mol. The van der Waals surface area contributed by atoms with Crippen LogP contribution in [0.1, 0.15) is 23.2 Å². The van der Waals surface area contributed by atoms with Gasteiger partial charge in [0.1, 0.15) is 0 Å². The summed E-state index contributed by atoms with van der Waals surface area (Å²) in [5, 5.41) is 2.91. The van der Waals surface area contributed by atoms with Crippen molar-refractivity contribution in [2.24, 2.45) is 0 Å². The van der Waals surface area contributed by atoms with E-state index in [1.807, 2.05) is 22.9 Å². The molecule has 100 valence electrons. The number of imidazole rings is 1. The van der Waals surface area contributed by atoms with Gasteiger partial charge < -0.3 is 9.88 Å². The lowest BCUT2D eigenvalue weighted by molar-refractivity contribution is 0.0952. The summed E-state index contributed by atoms with van der Waals surface area (Å²) in [6.07, 6.45) is 7.48. The molecule has 0 aliphatic carbocycles. The van der Waals surface area contributed by atoms with E-state index in [1.54, 1.807) is 24.7 Å². The Morgan fingerprint density at radius 1 is 1.37 bits per heavy atom. The number of thiol groups is 1. The number of benzene rings is 1. The molecule has 1 aromatic heterocycles. The van der Waals surface area contributed by atoms with Crippen LogP contribution in [0.4, 0.5) is 0 Å². The lowest BCUT2D eigenvalue weighted by Crippen LogP contribution is -2.24. The lowest BCUT2D eigenvalue weighted by atomic mass is 10.2. The number of nitrogens with zero attached hydrogens (tertiary/aromatic N) is 2. The number of hydrogen-bond acceptors (Lipinski definition) is 3. The topological polar surface area (TPSA) is 46.9 Å². The fourth-order valence-electron chi connectivity index (χ4n) is 1.79. The van der Waals surface area contributed by atoms with Gasteiger partial charge in [-0.3, -0.25) is 4.79 Å². The normalized spacial score (nSPS) is 10.4. The summed E-state index contributed by atoms with van der Waals surface area (Å²) in [4.78, 5) is 16.6. The van der Waals surface area contributed by atoms with Crippen molar-refractivity contribution >= 4 is 18.5 Å². The molecule has 19 heavy (non-hydrogen) atoms. The summed E-state index contributed by atoms with van der Waals surface area (Å²) < 4.78 is 2.03. The highest BCUT2D eigenvalue weighted by molar-refractivity contribution is 7.80. The zero-order chi connectivity index (χ0) is 13.5. The molecule has 1 heterocycles. The third-order valence-corrected chi connectivity index (χ3v) is 3.07. The van der Waals surface area contributed by atoms with E-state index < -0.39 is 0 Å². The summed E-state index contributed by atoms with van der Waals surface area (Å²) in [5.74, 6) is -0.0430. The van der Waals surface area contributed by atoms with Crippen LogP contribution in [0.3, 0.4) is 0 Å². The van der Waals surface area contributed by atoms with Crippen LogP contribution in [0.15, 0.2) is 47.9 Å². The average Bonchev–Trinajstić information content (AvgIpc) is 2.91. The molecule has 0 saturated carbocycles. The van der Waals surface area contributed by atoms with Gasteiger partial charge in [0.05, 0.1) is 6.33 Å². The molecule has 2 aromatic rings. The molecule has 1 aromatic carbocycles. The fourth-order valence-corrected chi connectivity index (χ4v) is 2.01. The molecule has 0 radical (unpaired) electrons. The van der Waals surface area contributed by atoms with Gasteiger partial charge in [-0.2, -0.15) is 0 Å². The minimum absolute atomic E-state index is 0.0430. The van der Waals surface area contributed by atoms with Gasteiger partial charge in [0, 0.05) is 35.9 Å². The van der Waals surface area contributed by atoms with Crippen molar-refractivity contribution in [2.75, 3.05) is 6.54 Å². The number of aryl methyl sites for hydroxylation is 1. The third-order valence-electron chi connectivity index (χ3n) is 2.80. The van der Waals surface area contributed by atoms with E-state index in [1.165, 1.54) is 0 Å². The summed E-state index contributed by atoms with van der Waals surface area (Å²) in [5.41, 5.74) is 0.655. The van der Waals surface area contributed by atoms with Crippen molar-refractivity contribution in [3.63, 3.8) is 0 Å². The third kappa shape index (κ3) is 4.44. The van der Waals surface area contributed by atoms with E-state index in [9.17, 15) is 4.79 Å². The number of carbonyl (C=O) groups excluding carboxylic acids is 1. The number of amides is 1. The first-order valence-corrected chi connectivity index (χ1v) is 6.73. The monoisotopic (exact) mass is 275 g/mol. The fraction of sp³-hybridized carbons (Fsp3) is 0.286. The molecule has 0 spiro atoms. The highest BCUT2D eigenvalue weighted by atomic mass is 32.1. The first-order chi connectivity index (χ1) is 9.25. The molecule has 2 rings (SSSR count). The lowest BCUT2D eigenvalue weighted by Gasteiger charge is -2.06. The smallest absolute Gasteiger partial charge is 0.251 e. The Balaban J connectivity index is 1.67. The van der Waals surface area contributed by atoms with Crippen molar-refractivity contribution in [1.82, 2.24) is 14.9 Å². The van der Waals surface area contributed by atoms with Gasteiger partial charge in [-0.25, -0.2) is 4.98 Å². The predicted octanol–water partition coefficient (Wildman–Crippen LogP) is 2.38. The molecule has 0 aliphatic heterocycles. The Labute approximate surface area is 118 Å². The van der Waals surface area contributed by atoms with Gasteiger partial charge in [-0.1, -0.05) is 6.07 Å². The average molecular weight is 275 g/mol. The SMILES string of the molecule is O=C(NCCCCn1ccnc1)c1cccc(S)c1. The van der Waals surface area contributed by atoms with Crippen LogP contribution in [0.2, 0.25) is 0 Å². The molecule has 0 bridgehead atoms. The van der Waals surface area contributed by atoms with Crippen LogP contribution in [0, 0.1) is 0 Å².